The zero-order chi connectivity index (χ0) is 25.1. The molecule has 8 heteroatoms. The Morgan fingerprint density at radius 1 is 0.833 bits per heavy atom. The van der Waals surface area contributed by atoms with Crippen LogP contribution in [0.25, 0.3) is 21.7 Å². The van der Waals surface area contributed by atoms with Crippen molar-refractivity contribution in [1.29, 1.82) is 0 Å². The first-order chi connectivity index (χ1) is 17.5. The molecule has 0 unspecified atom stereocenters. The third-order valence-corrected chi connectivity index (χ3v) is 8.98. The number of aromatic nitrogens is 2. The Kier molecular flexibility index (Phi) is 6.71. The maximum absolute atomic E-state index is 14.3. The van der Waals surface area contributed by atoms with Crippen LogP contribution in [0.15, 0.2) is 111 Å². The van der Waals surface area contributed by atoms with Gasteiger partial charge < -0.3 is 0 Å². The zero-order valence-corrected chi connectivity index (χ0v) is 20.9. The number of aryl methyl sites for hydroxylation is 1. The first kappa shape index (κ1) is 24.0. The molecule has 0 N–H and O–H groups in total. The highest BCUT2D eigenvalue weighted by Gasteiger charge is 2.19. The van der Waals surface area contributed by atoms with Crippen molar-refractivity contribution in [3.8, 4) is 21.7 Å². The maximum Gasteiger partial charge on any atom is 0.162 e. The first-order valence-corrected chi connectivity index (χ1v) is 13.6. The van der Waals surface area contributed by atoms with Gasteiger partial charge in [-0.2, -0.15) is 4.36 Å². The Balaban J connectivity index is 1.68. The van der Waals surface area contributed by atoms with Crippen LogP contribution in [0.2, 0.25) is 0 Å². The monoisotopic (exact) mass is 517 g/mol. The molecule has 0 aliphatic rings. The van der Waals surface area contributed by atoms with Crippen molar-refractivity contribution in [1.82, 2.24) is 9.97 Å². The van der Waals surface area contributed by atoms with Crippen LogP contribution in [0.1, 0.15) is 11.9 Å². The molecule has 4 nitrogen and oxygen atoms in total. The molecule has 0 atom stereocenters. The van der Waals surface area contributed by atoms with E-state index in [0.717, 1.165) is 21.5 Å². The molecular weight excluding hydrogens is 496 g/mol. The van der Waals surface area contributed by atoms with Gasteiger partial charge in [0, 0.05) is 17.8 Å². The second-order valence-electron chi connectivity index (χ2n) is 7.94. The van der Waals surface area contributed by atoms with Crippen LogP contribution in [0, 0.1) is 11.6 Å². The average molecular weight is 518 g/mol. The number of thiazole rings is 1. The van der Waals surface area contributed by atoms with Gasteiger partial charge in [0.2, 0.25) is 0 Å². The summed E-state index contributed by atoms with van der Waals surface area (Å²) in [5.41, 5.74) is 1.56. The minimum Gasteiger partial charge on any atom is -0.241 e. The lowest BCUT2D eigenvalue weighted by atomic mass is 10.1. The fourth-order valence-electron chi connectivity index (χ4n) is 3.79. The first-order valence-electron chi connectivity index (χ1n) is 11.3. The van der Waals surface area contributed by atoms with E-state index in [4.69, 9.17) is 0 Å². The number of halogens is 2. The number of hydrogen-bond acceptors (Lipinski definition) is 5. The fraction of sp³-hybridized carbons (Fsp3) is 0.0714. The highest BCUT2D eigenvalue weighted by atomic mass is 32.2. The lowest BCUT2D eigenvalue weighted by molar-refractivity contribution is 0.584. The Bertz CT molecular complexity index is 1580. The number of rotatable bonds is 6. The molecule has 180 valence electrons. The smallest absolute Gasteiger partial charge is 0.162 e. The van der Waals surface area contributed by atoms with Crippen LogP contribution in [0.5, 0.6) is 0 Å². The minimum absolute atomic E-state index is 0.285. The summed E-state index contributed by atoms with van der Waals surface area (Å²) in [6, 6.07) is 25.1. The molecule has 0 aliphatic heterocycles. The molecule has 0 amide bonds. The van der Waals surface area contributed by atoms with Crippen LogP contribution >= 0.6 is 11.3 Å². The number of benzene rings is 3. The van der Waals surface area contributed by atoms with Crippen LogP contribution in [0.3, 0.4) is 0 Å². The quantitative estimate of drug-likeness (QED) is 0.230. The van der Waals surface area contributed by atoms with Gasteiger partial charge in [-0.3, -0.25) is 0 Å². The van der Waals surface area contributed by atoms with E-state index in [-0.39, 0.29) is 5.82 Å². The molecule has 0 radical (unpaired) electrons. The average Bonchev–Trinajstić information content (AvgIpc) is 3.34. The van der Waals surface area contributed by atoms with Gasteiger partial charge in [-0.05, 0) is 60.5 Å². The second-order valence-corrected chi connectivity index (χ2v) is 11.2. The summed E-state index contributed by atoms with van der Waals surface area (Å²) in [5.74, 6) is -1.05. The molecule has 0 saturated carbocycles. The third-order valence-electron chi connectivity index (χ3n) is 5.47. The molecule has 2 heterocycles. The zero-order valence-electron chi connectivity index (χ0n) is 19.3. The van der Waals surface area contributed by atoms with Gasteiger partial charge in [-0.25, -0.2) is 23.0 Å². The summed E-state index contributed by atoms with van der Waals surface area (Å²) in [5, 5.41) is 0.831. The molecule has 0 fully saturated rings. The topological polar surface area (TPSA) is 55.2 Å². The van der Waals surface area contributed by atoms with Gasteiger partial charge in [0.25, 0.3) is 0 Å². The number of hydrogen-bond donors (Lipinski definition) is 0. The fourth-order valence-corrected chi connectivity index (χ4v) is 6.71. The van der Waals surface area contributed by atoms with Gasteiger partial charge in [0.05, 0.1) is 25.4 Å². The molecule has 3 aromatic carbocycles. The molecule has 5 rings (SSSR count). The van der Waals surface area contributed by atoms with Gasteiger partial charge in [-0.1, -0.05) is 43.3 Å². The summed E-state index contributed by atoms with van der Waals surface area (Å²) in [7, 11) is -3.02. The highest BCUT2D eigenvalue weighted by Crippen LogP contribution is 2.39. The molecule has 0 aliphatic carbocycles. The highest BCUT2D eigenvalue weighted by molar-refractivity contribution is 7.93. The molecule has 0 saturated heterocycles. The van der Waals surface area contributed by atoms with Crippen molar-refractivity contribution in [2.75, 3.05) is 0 Å². The Morgan fingerprint density at radius 3 is 2.03 bits per heavy atom. The van der Waals surface area contributed by atoms with E-state index < -0.39 is 21.4 Å². The minimum atomic E-state index is -3.02. The lowest BCUT2D eigenvalue weighted by Gasteiger charge is -2.11. The molecular formula is C28H21F2N3OS2. The van der Waals surface area contributed by atoms with Crippen molar-refractivity contribution in [2.45, 2.75) is 23.1 Å². The Labute approximate surface area is 212 Å². The Morgan fingerprint density at radius 2 is 1.44 bits per heavy atom. The van der Waals surface area contributed by atoms with Gasteiger partial charge in [-0.15, -0.1) is 11.3 Å². The van der Waals surface area contributed by atoms with E-state index in [9.17, 15) is 13.0 Å². The van der Waals surface area contributed by atoms with Gasteiger partial charge in [0.15, 0.2) is 5.82 Å². The summed E-state index contributed by atoms with van der Waals surface area (Å²) < 4.78 is 47.0. The van der Waals surface area contributed by atoms with Gasteiger partial charge in [0.1, 0.15) is 21.4 Å². The lowest BCUT2D eigenvalue weighted by Crippen LogP contribution is -2.01. The van der Waals surface area contributed by atoms with Gasteiger partial charge >= 0.3 is 0 Å². The van der Waals surface area contributed by atoms with E-state index in [0.29, 0.717) is 27.5 Å². The second kappa shape index (κ2) is 10.1. The number of pyridine rings is 1. The summed E-state index contributed by atoms with van der Waals surface area (Å²) in [6.45, 7) is 1.97. The van der Waals surface area contributed by atoms with Crippen LogP contribution < -0.4 is 0 Å². The third kappa shape index (κ3) is 4.82. The van der Waals surface area contributed by atoms with E-state index in [2.05, 4.69) is 14.3 Å². The van der Waals surface area contributed by atoms with E-state index in [1.807, 2.05) is 43.3 Å². The molecule has 0 spiro atoms. The molecule has 0 bridgehead atoms. The van der Waals surface area contributed by atoms with Crippen LogP contribution in [0.4, 0.5) is 14.6 Å². The molecule has 2 aromatic heterocycles. The van der Waals surface area contributed by atoms with E-state index >= 15 is 0 Å². The van der Waals surface area contributed by atoms with Crippen LogP contribution in [-0.2, 0) is 16.1 Å². The Hall–Kier alpha value is -3.75. The van der Waals surface area contributed by atoms with Crippen molar-refractivity contribution < 1.29 is 13.0 Å². The number of nitrogens with zero attached hydrogens (tertiary/aromatic N) is 3. The van der Waals surface area contributed by atoms with Crippen molar-refractivity contribution in [2.24, 2.45) is 4.36 Å². The predicted molar refractivity (Wildman–Crippen MR) is 140 cm³/mol. The summed E-state index contributed by atoms with van der Waals surface area (Å²) in [4.78, 5) is 10.9. The predicted octanol–water partition coefficient (Wildman–Crippen LogP) is 7.93. The van der Waals surface area contributed by atoms with E-state index in [1.54, 1.807) is 42.6 Å². The normalized spacial score (nSPS) is 11.4. The standard InChI is InChI=1S/C28H21F2N3OS2/c1-2-26-32-27(20-15-21(29)18-22(30)16-20)28(35-26)19-13-14-31-25(17-19)33-36(34,23-9-5-3-6-10-23)24-11-7-4-8-12-24/h3-18H,2H2,1H3. The van der Waals surface area contributed by atoms with Crippen molar-refractivity contribution in [3.63, 3.8) is 0 Å². The van der Waals surface area contributed by atoms with Crippen molar-refractivity contribution in [3.05, 3.63) is 114 Å². The summed E-state index contributed by atoms with van der Waals surface area (Å²) >= 11 is 1.44. The largest absolute Gasteiger partial charge is 0.241 e. The van der Waals surface area contributed by atoms with E-state index in [1.165, 1.54) is 23.5 Å². The van der Waals surface area contributed by atoms with Crippen LogP contribution in [-0.4, -0.2) is 14.2 Å². The molecule has 36 heavy (non-hydrogen) atoms. The summed E-state index contributed by atoms with van der Waals surface area (Å²) in [6.07, 6.45) is 2.26. The maximum atomic E-state index is 14.3. The SMILES string of the molecule is CCc1nc(-c2cc(F)cc(F)c2)c(-c2ccnc(N=S(=O)(c3ccccc3)c3ccccc3)c2)s1. The van der Waals surface area contributed by atoms with Crippen molar-refractivity contribution >= 4 is 26.9 Å². The molecule has 5 aromatic rings.